The van der Waals surface area contributed by atoms with Crippen LogP contribution in [0.1, 0.15) is 10.6 Å². The molecule has 1 aliphatic heterocycles. The van der Waals surface area contributed by atoms with Crippen molar-refractivity contribution < 1.29 is 18.3 Å². The van der Waals surface area contributed by atoms with Crippen molar-refractivity contribution in [3.05, 3.63) is 77.3 Å². The van der Waals surface area contributed by atoms with Gasteiger partial charge in [0.2, 0.25) is 0 Å². The summed E-state index contributed by atoms with van der Waals surface area (Å²) in [4.78, 5) is 16.8. The number of piperazine rings is 1. The van der Waals surface area contributed by atoms with Gasteiger partial charge in [-0.3, -0.25) is 9.69 Å². The van der Waals surface area contributed by atoms with Crippen molar-refractivity contribution in [2.45, 2.75) is 0 Å². The first-order chi connectivity index (χ1) is 14.6. The number of benzene rings is 2. The van der Waals surface area contributed by atoms with Crippen LogP contribution in [0.3, 0.4) is 0 Å². The Hall–Kier alpha value is -2.83. The Balaban J connectivity index is 1.26. The van der Waals surface area contributed by atoms with Gasteiger partial charge in [-0.1, -0.05) is 23.7 Å². The minimum Gasteiger partial charge on any atom is -0.492 e. The standard InChI is InChI=1S/C23H22ClFN2O3/c24-17-5-7-18(8-6-17)29-16-15-26-11-13-27(14-12-26)23(28)22-10-9-21(30-22)19-3-1-2-4-20(19)25/h1-10H,11-16H2. The molecule has 1 aromatic heterocycles. The monoisotopic (exact) mass is 428 g/mol. The smallest absolute Gasteiger partial charge is 0.289 e. The Morgan fingerprint density at radius 2 is 1.73 bits per heavy atom. The quantitative estimate of drug-likeness (QED) is 0.576. The lowest BCUT2D eigenvalue weighted by molar-refractivity contribution is 0.0591. The normalized spacial score (nSPS) is 14.7. The predicted octanol–water partition coefficient (Wildman–Crippen LogP) is 4.58. The lowest BCUT2D eigenvalue weighted by atomic mass is 10.1. The summed E-state index contributed by atoms with van der Waals surface area (Å²) in [6.45, 7) is 4.08. The van der Waals surface area contributed by atoms with E-state index in [4.69, 9.17) is 20.8 Å². The van der Waals surface area contributed by atoms with E-state index < -0.39 is 0 Å². The van der Waals surface area contributed by atoms with E-state index in [0.717, 1.165) is 25.4 Å². The zero-order valence-electron chi connectivity index (χ0n) is 16.4. The Kier molecular flexibility index (Phi) is 6.35. The molecule has 2 aromatic carbocycles. The molecule has 0 radical (unpaired) electrons. The molecule has 0 saturated carbocycles. The number of carbonyl (C=O) groups is 1. The first kappa shape index (κ1) is 20.4. The number of halogens is 2. The molecular weight excluding hydrogens is 407 g/mol. The van der Waals surface area contributed by atoms with Crippen molar-refractivity contribution in [2.24, 2.45) is 0 Å². The highest BCUT2D eigenvalue weighted by atomic mass is 35.5. The molecule has 4 rings (SSSR count). The van der Waals surface area contributed by atoms with Crippen molar-refractivity contribution in [3.8, 4) is 17.1 Å². The van der Waals surface area contributed by atoms with Gasteiger partial charge in [0.15, 0.2) is 5.76 Å². The maximum absolute atomic E-state index is 13.9. The van der Waals surface area contributed by atoms with Crippen LogP contribution >= 0.6 is 11.6 Å². The number of hydrogen-bond acceptors (Lipinski definition) is 4. The number of nitrogens with zero attached hydrogens (tertiary/aromatic N) is 2. The summed E-state index contributed by atoms with van der Waals surface area (Å²) in [5, 5.41) is 0.681. The third-order valence-corrected chi connectivity index (χ3v) is 5.36. The molecule has 0 atom stereocenters. The first-order valence-corrected chi connectivity index (χ1v) is 10.2. The van der Waals surface area contributed by atoms with Gasteiger partial charge in [0.05, 0.1) is 5.56 Å². The van der Waals surface area contributed by atoms with Crippen LogP contribution in [-0.4, -0.2) is 55.0 Å². The van der Waals surface area contributed by atoms with Gasteiger partial charge in [-0.2, -0.15) is 0 Å². The number of furan rings is 1. The van der Waals surface area contributed by atoms with Crippen molar-refractivity contribution in [1.82, 2.24) is 9.80 Å². The third kappa shape index (κ3) is 4.83. The summed E-state index contributed by atoms with van der Waals surface area (Å²) < 4.78 is 25.3. The van der Waals surface area contributed by atoms with Crippen LogP contribution in [0.15, 0.2) is 65.1 Å². The molecule has 0 aliphatic carbocycles. The fourth-order valence-electron chi connectivity index (χ4n) is 3.41. The first-order valence-electron chi connectivity index (χ1n) is 9.85. The van der Waals surface area contributed by atoms with Gasteiger partial charge in [0.25, 0.3) is 5.91 Å². The van der Waals surface area contributed by atoms with Crippen molar-refractivity contribution in [1.29, 1.82) is 0 Å². The predicted molar refractivity (Wildman–Crippen MR) is 113 cm³/mol. The number of rotatable bonds is 6. The van der Waals surface area contributed by atoms with Crippen LogP contribution in [0.2, 0.25) is 5.02 Å². The fraction of sp³-hybridized carbons (Fsp3) is 0.261. The molecule has 30 heavy (non-hydrogen) atoms. The van der Waals surface area contributed by atoms with Gasteiger partial charge in [0.1, 0.15) is 23.9 Å². The van der Waals surface area contributed by atoms with Gasteiger partial charge < -0.3 is 14.1 Å². The SMILES string of the molecule is O=C(c1ccc(-c2ccccc2F)o1)N1CCN(CCOc2ccc(Cl)cc2)CC1. The molecule has 0 N–H and O–H groups in total. The minimum absolute atomic E-state index is 0.172. The molecule has 1 aliphatic rings. The Morgan fingerprint density at radius 3 is 2.47 bits per heavy atom. The van der Waals surface area contributed by atoms with E-state index in [9.17, 15) is 9.18 Å². The molecule has 0 spiro atoms. The van der Waals surface area contributed by atoms with Crippen molar-refractivity contribution in [2.75, 3.05) is 39.3 Å². The topological polar surface area (TPSA) is 45.9 Å². The molecule has 1 amide bonds. The summed E-state index contributed by atoms with van der Waals surface area (Å²) in [6, 6.07) is 16.9. The average molecular weight is 429 g/mol. The molecule has 0 bridgehead atoms. The zero-order chi connectivity index (χ0) is 20.9. The molecule has 0 unspecified atom stereocenters. The number of carbonyl (C=O) groups excluding carboxylic acids is 1. The van der Waals surface area contributed by atoms with Crippen molar-refractivity contribution >= 4 is 17.5 Å². The molecular formula is C23H22ClFN2O3. The number of hydrogen-bond donors (Lipinski definition) is 0. The van der Waals surface area contributed by atoms with E-state index in [0.29, 0.717) is 36.0 Å². The minimum atomic E-state index is -0.375. The fourth-order valence-corrected chi connectivity index (χ4v) is 3.54. The second-order valence-electron chi connectivity index (χ2n) is 7.08. The molecule has 3 aromatic rings. The highest BCUT2D eigenvalue weighted by Gasteiger charge is 2.24. The van der Waals surface area contributed by atoms with E-state index in [1.807, 2.05) is 12.1 Å². The zero-order valence-corrected chi connectivity index (χ0v) is 17.1. The average Bonchev–Trinajstić information content (AvgIpc) is 3.25. The second kappa shape index (κ2) is 9.32. The van der Waals surface area contributed by atoms with Gasteiger partial charge in [0, 0.05) is 37.7 Å². The highest BCUT2D eigenvalue weighted by molar-refractivity contribution is 6.30. The number of ether oxygens (including phenoxy) is 1. The van der Waals surface area contributed by atoms with Crippen LogP contribution in [0.4, 0.5) is 4.39 Å². The molecule has 1 fully saturated rings. The van der Waals surface area contributed by atoms with E-state index in [1.165, 1.54) is 6.07 Å². The van der Waals surface area contributed by atoms with E-state index >= 15 is 0 Å². The lowest BCUT2D eigenvalue weighted by Gasteiger charge is -2.34. The van der Waals surface area contributed by atoms with Gasteiger partial charge in [-0.25, -0.2) is 4.39 Å². The van der Waals surface area contributed by atoms with Crippen LogP contribution in [0.25, 0.3) is 11.3 Å². The van der Waals surface area contributed by atoms with Crippen LogP contribution in [0, 0.1) is 5.82 Å². The number of amides is 1. The van der Waals surface area contributed by atoms with E-state index in [1.54, 1.807) is 47.4 Å². The summed E-state index contributed by atoms with van der Waals surface area (Å²) in [5.41, 5.74) is 0.349. The summed E-state index contributed by atoms with van der Waals surface area (Å²) in [6.07, 6.45) is 0. The largest absolute Gasteiger partial charge is 0.492 e. The maximum Gasteiger partial charge on any atom is 0.289 e. The Morgan fingerprint density at radius 1 is 1.00 bits per heavy atom. The summed E-state index contributed by atoms with van der Waals surface area (Å²) >= 11 is 5.87. The van der Waals surface area contributed by atoms with Gasteiger partial charge >= 0.3 is 0 Å². The molecule has 156 valence electrons. The third-order valence-electron chi connectivity index (χ3n) is 5.11. The summed E-state index contributed by atoms with van der Waals surface area (Å²) in [7, 11) is 0. The summed E-state index contributed by atoms with van der Waals surface area (Å²) in [5.74, 6) is 0.828. The molecule has 1 saturated heterocycles. The van der Waals surface area contributed by atoms with E-state index in [2.05, 4.69) is 4.90 Å². The molecule has 5 nitrogen and oxygen atoms in total. The molecule has 2 heterocycles. The van der Waals surface area contributed by atoms with Gasteiger partial charge in [-0.05, 0) is 48.5 Å². The molecule has 7 heteroatoms. The van der Waals surface area contributed by atoms with E-state index in [-0.39, 0.29) is 17.5 Å². The van der Waals surface area contributed by atoms with Crippen LogP contribution < -0.4 is 4.74 Å². The highest BCUT2D eigenvalue weighted by Crippen LogP contribution is 2.25. The van der Waals surface area contributed by atoms with Crippen LogP contribution in [-0.2, 0) is 0 Å². The maximum atomic E-state index is 13.9. The lowest BCUT2D eigenvalue weighted by Crippen LogP contribution is -2.49. The Labute approximate surface area is 179 Å². The van der Waals surface area contributed by atoms with Crippen molar-refractivity contribution in [3.63, 3.8) is 0 Å². The van der Waals surface area contributed by atoms with Crippen LogP contribution in [0.5, 0.6) is 5.75 Å². The van der Waals surface area contributed by atoms with Gasteiger partial charge in [-0.15, -0.1) is 0 Å². The second-order valence-corrected chi connectivity index (χ2v) is 7.52. The Bertz CT molecular complexity index is 998.